The van der Waals surface area contributed by atoms with E-state index in [0.29, 0.717) is 10.6 Å². The largest absolute Gasteiger partial charge is 0.368 e. The van der Waals surface area contributed by atoms with Crippen LogP contribution >= 0.6 is 23.2 Å². The zero-order valence-electron chi connectivity index (χ0n) is 11.4. The van der Waals surface area contributed by atoms with Gasteiger partial charge in [-0.2, -0.15) is 0 Å². The van der Waals surface area contributed by atoms with Crippen LogP contribution in [0.3, 0.4) is 0 Å². The summed E-state index contributed by atoms with van der Waals surface area (Å²) in [6.07, 6.45) is 1.56. The zero-order chi connectivity index (χ0) is 15.4. The Morgan fingerprint density at radius 1 is 1.29 bits per heavy atom. The predicted molar refractivity (Wildman–Crippen MR) is 82.6 cm³/mol. The van der Waals surface area contributed by atoms with Gasteiger partial charge in [0.15, 0.2) is 0 Å². The Labute approximate surface area is 133 Å². The number of piperidine rings is 1. The first-order valence-electron chi connectivity index (χ1n) is 6.74. The lowest BCUT2D eigenvalue weighted by Gasteiger charge is -2.34. The molecule has 21 heavy (non-hydrogen) atoms. The van der Waals surface area contributed by atoms with Gasteiger partial charge in [0.25, 0.3) is 5.91 Å². The third-order valence-electron chi connectivity index (χ3n) is 3.50. The molecule has 0 radical (unpaired) electrons. The fraction of sp³-hybridized carbons (Fsp3) is 0.429. The van der Waals surface area contributed by atoms with Crippen LogP contribution in [0.2, 0.25) is 10.0 Å². The summed E-state index contributed by atoms with van der Waals surface area (Å²) in [5, 5.41) is 3.95. The van der Waals surface area contributed by atoms with Crippen molar-refractivity contribution in [3.05, 3.63) is 33.8 Å². The van der Waals surface area contributed by atoms with Crippen LogP contribution in [-0.4, -0.2) is 42.4 Å². The molecule has 1 heterocycles. The number of amides is 2. The summed E-state index contributed by atoms with van der Waals surface area (Å²) >= 11 is 11.9. The van der Waals surface area contributed by atoms with Crippen molar-refractivity contribution in [2.24, 2.45) is 5.73 Å². The van der Waals surface area contributed by atoms with Gasteiger partial charge >= 0.3 is 0 Å². The van der Waals surface area contributed by atoms with E-state index in [0.717, 1.165) is 25.9 Å². The molecule has 3 N–H and O–H groups in total. The highest BCUT2D eigenvalue weighted by atomic mass is 35.5. The van der Waals surface area contributed by atoms with Crippen LogP contribution in [-0.2, 0) is 4.79 Å². The second-order valence-corrected chi connectivity index (χ2v) is 5.85. The Kier molecular flexibility index (Phi) is 5.45. The molecular formula is C14H17Cl2N3O2. The van der Waals surface area contributed by atoms with Crippen molar-refractivity contribution in [3.63, 3.8) is 0 Å². The predicted octanol–water partition coefficient (Wildman–Crippen LogP) is 1.67. The third kappa shape index (κ3) is 4.09. The number of nitrogens with two attached hydrogens (primary N) is 1. The van der Waals surface area contributed by atoms with E-state index in [1.807, 2.05) is 0 Å². The van der Waals surface area contributed by atoms with Crippen LogP contribution in [0, 0.1) is 0 Å². The Morgan fingerprint density at radius 2 is 1.95 bits per heavy atom. The molecule has 2 rings (SSSR count). The van der Waals surface area contributed by atoms with Crippen LogP contribution in [0.1, 0.15) is 23.2 Å². The highest BCUT2D eigenvalue weighted by Crippen LogP contribution is 2.24. The fourth-order valence-electron chi connectivity index (χ4n) is 2.47. The standard InChI is InChI=1S/C14H17Cl2N3O2/c15-9-1-2-11(12(16)7-9)14(21)19(8-13(17)20)10-3-5-18-6-4-10/h1-2,7,10,18H,3-6,8H2,(H2,17,20). The number of primary amides is 1. The van der Waals surface area contributed by atoms with Gasteiger partial charge in [-0.05, 0) is 44.1 Å². The average Bonchev–Trinajstić information content (AvgIpc) is 2.45. The van der Waals surface area contributed by atoms with Gasteiger partial charge in [0.2, 0.25) is 5.91 Å². The molecule has 0 bridgehead atoms. The smallest absolute Gasteiger partial charge is 0.256 e. The summed E-state index contributed by atoms with van der Waals surface area (Å²) in [4.78, 5) is 25.5. The number of carbonyl (C=O) groups is 2. The van der Waals surface area contributed by atoms with Gasteiger partial charge < -0.3 is 16.0 Å². The molecule has 1 aliphatic heterocycles. The van der Waals surface area contributed by atoms with Crippen molar-refractivity contribution < 1.29 is 9.59 Å². The summed E-state index contributed by atoms with van der Waals surface area (Å²) in [6.45, 7) is 1.51. The molecule has 1 aromatic carbocycles. The van der Waals surface area contributed by atoms with Gasteiger partial charge in [0, 0.05) is 11.1 Å². The van der Waals surface area contributed by atoms with Crippen LogP contribution in [0.4, 0.5) is 0 Å². The number of rotatable bonds is 4. The Bertz CT molecular complexity index is 545. The van der Waals surface area contributed by atoms with Crippen LogP contribution in [0.15, 0.2) is 18.2 Å². The SMILES string of the molecule is NC(=O)CN(C(=O)c1ccc(Cl)cc1Cl)C1CCNCC1. The van der Waals surface area contributed by atoms with Crippen molar-refractivity contribution in [1.82, 2.24) is 10.2 Å². The van der Waals surface area contributed by atoms with E-state index in [1.165, 1.54) is 11.0 Å². The number of nitrogens with one attached hydrogen (secondary N) is 1. The van der Waals surface area contributed by atoms with Gasteiger partial charge in [0.1, 0.15) is 0 Å². The van der Waals surface area contributed by atoms with Gasteiger partial charge in [-0.15, -0.1) is 0 Å². The minimum atomic E-state index is -0.535. The lowest BCUT2D eigenvalue weighted by Crippen LogP contribution is -2.49. The Morgan fingerprint density at radius 3 is 2.52 bits per heavy atom. The second-order valence-electron chi connectivity index (χ2n) is 5.00. The van der Waals surface area contributed by atoms with E-state index in [1.54, 1.807) is 12.1 Å². The molecular weight excluding hydrogens is 313 g/mol. The number of hydrogen-bond acceptors (Lipinski definition) is 3. The van der Waals surface area contributed by atoms with Gasteiger partial charge in [-0.1, -0.05) is 23.2 Å². The van der Waals surface area contributed by atoms with E-state index in [9.17, 15) is 9.59 Å². The first-order valence-corrected chi connectivity index (χ1v) is 7.49. The number of halogens is 2. The molecule has 1 fully saturated rings. The Hall–Kier alpha value is -1.30. The molecule has 1 aromatic rings. The minimum absolute atomic E-state index is 0.0157. The van der Waals surface area contributed by atoms with Crippen molar-refractivity contribution in [2.45, 2.75) is 18.9 Å². The maximum atomic E-state index is 12.7. The quantitative estimate of drug-likeness (QED) is 0.882. The van der Waals surface area contributed by atoms with Crippen molar-refractivity contribution in [1.29, 1.82) is 0 Å². The van der Waals surface area contributed by atoms with Gasteiger partial charge in [-0.25, -0.2) is 0 Å². The highest BCUT2D eigenvalue weighted by molar-refractivity contribution is 6.36. The molecule has 114 valence electrons. The lowest BCUT2D eigenvalue weighted by molar-refractivity contribution is -0.119. The number of hydrogen-bond donors (Lipinski definition) is 2. The van der Waals surface area contributed by atoms with Gasteiger partial charge in [-0.3, -0.25) is 9.59 Å². The molecule has 2 amide bonds. The molecule has 0 aliphatic carbocycles. The van der Waals surface area contributed by atoms with E-state index in [-0.39, 0.29) is 23.5 Å². The molecule has 1 aliphatic rings. The summed E-state index contributed by atoms with van der Waals surface area (Å²) in [5.41, 5.74) is 5.61. The first kappa shape index (κ1) is 16.1. The minimum Gasteiger partial charge on any atom is -0.368 e. The number of carbonyl (C=O) groups excluding carboxylic acids is 2. The Balaban J connectivity index is 2.26. The monoisotopic (exact) mass is 329 g/mol. The van der Waals surface area contributed by atoms with E-state index in [4.69, 9.17) is 28.9 Å². The first-order chi connectivity index (χ1) is 9.99. The van der Waals surface area contributed by atoms with Crippen LogP contribution in [0.5, 0.6) is 0 Å². The molecule has 0 spiro atoms. The zero-order valence-corrected chi connectivity index (χ0v) is 13.0. The normalized spacial score (nSPS) is 15.7. The summed E-state index contributed by atoms with van der Waals surface area (Å²) in [6, 6.07) is 4.67. The topological polar surface area (TPSA) is 75.4 Å². The van der Waals surface area contributed by atoms with E-state index in [2.05, 4.69) is 5.32 Å². The fourth-order valence-corrected chi connectivity index (χ4v) is 2.96. The van der Waals surface area contributed by atoms with Crippen LogP contribution < -0.4 is 11.1 Å². The van der Waals surface area contributed by atoms with Crippen molar-refractivity contribution >= 4 is 35.0 Å². The van der Waals surface area contributed by atoms with Gasteiger partial charge in [0.05, 0.1) is 17.1 Å². The van der Waals surface area contributed by atoms with Crippen molar-refractivity contribution in [2.75, 3.05) is 19.6 Å². The van der Waals surface area contributed by atoms with E-state index >= 15 is 0 Å². The molecule has 1 saturated heterocycles. The molecule has 7 heteroatoms. The molecule has 0 aromatic heterocycles. The van der Waals surface area contributed by atoms with Crippen molar-refractivity contribution in [3.8, 4) is 0 Å². The van der Waals surface area contributed by atoms with E-state index < -0.39 is 5.91 Å². The number of benzene rings is 1. The molecule has 5 nitrogen and oxygen atoms in total. The maximum Gasteiger partial charge on any atom is 0.256 e. The maximum absolute atomic E-state index is 12.7. The molecule has 0 atom stereocenters. The molecule has 0 unspecified atom stereocenters. The second kappa shape index (κ2) is 7.11. The number of nitrogens with zero attached hydrogens (tertiary/aromatic N) is 1. The van der Waals surface area contributed by atoms with Crippen LogP contribution in [0.25, 0.3) is 0 Å². The summed E-state index contributed by atoms with van der Waals surface area (Å²) in [5.74, 6) is -0.825. The third-order valence-corrected chi connectivity index (χ3v) is 4.05. The highest BCUT2D eigenvalue weighted by Gasteiger charge is 2.28. The molecule has 0 saturated carbocycles. The lowest BCUT2D eigenvalue weighted by atomic mass is 10.0. The summed E-state index contributed by atoms with van der Waals surface area (Å²) < 4.78 is 0. The summed E-state index contributed by atoms with van der Waals surface area (Å²) in [7, 11) is 0. The average molecular weight is 330 g/mol.